The molecule has 3 aliphatic rings. The van der Waals surface area contributed by atoms with Crippen LogP contribution < -0.4 is 0 Å². The van der Waals surface area contributed by atoms with Gasteiger partial charge in [-0.05, 0) is 36.3 Å². The van der Waals surface area contributed by atoms with Crippen molar-refractivity contribution in [3.63, 3.8) is 0 Å². The molecule has 1 saturated carbocycles. The number of carbonyl (C=O) groups is 1. The molecule has 24 heavy (non-hydrogen) atoms. The van der Waals surface area contributed by atoms with Crippen molar-refractivity contribution in [2.24, 2.45) is 11.3 Å². The van der Waals surface area contributed by atoms with Crippen LogP contribution in [0.4, 0.5) is 0 Å². The summed E-state index contributed by atoms with van der Waals surface area (Å²) >= 11 is 0. The normalized spacial score (nSPS) is 30.9. The van der Waals surface area contributed by atoms with Gasteiger partial charge in [-0.2, -0.15) is 17.0 Å². The van der Waals surface area contributed by atoms with Gasteiger partial charge in [0.1, 0.15) is 0 Å². The number of nitrogens with zero attached hydrogens (tertiary/aromatic N) is 2. The maximum Gasteiger partial charge on any atom is 0.311 e. The zero-order valence-electron chi connectivity index (χ0n) is 13.5. The summed E-state index contributed by atoms with van der Waals surface area (Å²) in [6.45, 7) is 1.29. The summed E-state index contributed by atoms with van der Waals surface area (Å²) < 4.78 is 29.0. The Morgan fingerprint density at radius 1 is 1.21 bits per heavy atom. The van der Waals surface area contributed by atoms with Crippen molar-refractivity contribution in [1.29, 1.82) is 0 Å². The van der Waals surface area contributed by atoms with Gasteiger partial charge in [0.25, 0.3) is 10.2 Å². The molecular formula is C17H22N2O4S. The van der Waals surface area contributed by atoms with Crippen molar-refractivity contribution in [2.45, 2.75) is 32.2 Å². The molecule has 1 N–H and O–H groups in total. The minimum Gasteiger partial charge on any atom is -0.481 e. The van der Waals surface area contributed by atoms with E-state index in [2.05, 4.69) is 0 Å². The quantitative estimate of drug-likeness (QED) is 0.896. The highest BCUT2D eigenvalue weighted by atomic mass is 32.2. The van der Waals surface area contributed by atoms with E-state index in [1.54, 1.807) is 0 Å². The Labute approximate surface area is 142 Å². The van der Waals surface area contributed by atoms with Crippen LogP contribution in [0.25, 0.3) is 0 Å². The third-order valence-corrected chi connectivity index (χ3v) is 7.91. The van der Waals surface area contributed by atoms with Crippen LogP contribution in [-0.2, 0) is 28.0 Å². The van der Waals surface area contributed by atoms with E-state index < -0.39 is 21.6 Å². The van der Waals surface area contributed by atoms with E-state index in [-0.39, 0.29) is 12.5 Å². The maximum absolute atomic E-state index is 13.1. The molecular weight excluding hydrogens is 328 g/mol. The average molecular weight is 350 g/mol. The minimum absolute atomic E-state index is 0.0538. The van der Waals surface area contributed by atoms with E-state index in [1.165, 1.54) is 14.2 Å². The van der Waals surface area contributed by atoms with Crippen molar-refractivity contribution in [3.05, 3.63) is 35.4 Å². The van der Waals surface area contributed by atoms with E-state index in [0.717, 1.165) is 18.4 Å². The fourth-order valence-electron chi connectivity index (χ4n) is 4.60. The van der Waals surface area contributed by atoms with Gasteiger partial charge in [0.15, 0.2) is 0 Å². The molecule has 2 aliphatic heterocycles. The van der Waals surface area contributed by atoms with E-state index in [4.69, 9.17) is 0 Å². The summed E-state index contributed by atoms with van der Waals surface area (Å²) in [5.41, 5.74) is 1.37. The van der Waals surface area contributed by atoms with Crippen LogP contribution in [0.2, 0.25) is 0 Å². The van der Waals surface area contributed by atoms with Crippen LogP contribution in [0.5, 0.6) is 0 Å². The van der Waals surface area contributed by atoms with Gasteiger partial charge in [0.05, 0.1) is 5.41 Å². The lowest BCUT2D eigenvalue weighted by Crippen LogP contribution is -2.46. The smallest absolute Gasteiger partial charge is 0.311 e. The van der Waals surface area contributed by atoms with Gasteiger partial charge in [-0.25, -0.2) is 0 Å². The number of fused-ring (bicyclic) bond motifs is 2. The van der Waals surface area contributed by atoms with E-state index in [0.29, 0.717) is 32.5 Å². The fourth-order valence-corrected chi connectivity index (χ4v) is 6.31. The molecule has 2 atom stereocenters. The van der Waals surface area contributed by atoms with Crippen molar-refractivity contribution < 1.29 is 18.3 Å². The molecule has 4 rings (SSSR count). The van der Waals surface area contributed by atoms with Crippen LogP contribution in [-0.4, -0.2) is 47.7 Å². The van der Waals surface area contributed by atoms with Crippen LogP contribution in [0, 0.1) is 11.3 Å². The lowest BCUT2D eigenvalue weighted by atomic mass is 9.81. The Bertz CT molecular complexity index is 779. The number of hydrogen-bond donors (Lipinski definition) is 1. The summed E-state index contributed by atoms with van der Waals surface area (Å²) in [4.78, 5) is 11.8. The first-order valence-electron chi connectivity index (χ1n) is 8.49. The molecule has 0 bridgehead atoms. The zero-order valence-corrected chi connectivity index (χ0v) is 14.3. The third kappa shape index (κ3) is 2.29. The Hall–Kier alpha value is -1.44. The van der Waals surface area contributed by atoms with Gasteiger partial charge < -0.3 is 5.11 Å². The lowest BCUT2D eigenvalue weighted by Gasteiger charge is -2.32. The van der Waals surface area contributed by atoms with E-state index in [9.17, 15) is 18.3 Å². The molecule has 1 aromatic carbocycles. The summed E-state index contributed by atoms with van der Waals surface area (Å²) in [6.07, 6.45) is 2.97. The molecule has 0 amide bonds. The summed E-state index contributed by atoms with van der Waals surface area (Å²) in [6, 6.07) is 7.91. The fraction of sp³-hybridized carbons (Fsp3) is 0.588. The molecule has 0 unspecified atom stereocenters. The first kappa shape index (κ1) is 16.1. The topological polar surface area (TPSA) is 77.9 Å². The lowest BCUT2D eigenvalue weighted by molar-refractivity contribution is -0.149. The average Bonchev–Trinajstić information content (AvgIpc) is 3.13. The molecule has 0 spiro atoms. The molecule has 1 aromatic rings. The molecule has 2 fully saturated rings. The van der Waals surface area contributed by atoms with Gasteiger partial charge in [-0.1, -0.05) is 30.7 Å². The van der Waals surface area contributed by atoms with Crippen LogP contribution in [0.3, 0.4) is 0 Å². The van der Waals surface area contributed by atoms with Crippen molar-refractivity contribution >= 4 is 16.2 Å². The summed E-state index contributed by atoms with van der Waals surface area (Å²) in [7, 11) is -3.61. The van der Waals surface area contributed by atoms with Crippen LogP contribution in [0.1, 0.15) is 30.4 Å². The highest BCUT2D eigenvalue weighted by Crippen LogP contribution is 2.49. The number of benzene rings is 1. The van der Waals surface area contributed by atoms with Gasteiger partial charge in [-0.15, -0.1) is 0 Å². The Morgan fingerprint density at radius 2 is 1.96 bits per heavy atom. The highest BCUT2D eigenvalue weighted by molar-refractivity contribution is 7.86. The standard InChI is InChI=1S/C17H22N2O4S/c20-16(21)17-8-3-6-15(17)11-19(12-17)24(22,23)18-9-7-13-4-1-2-5-14(13)10-18/h1-2,4-5,15H,3,6-12H2,(H,20,21)/t15-,17+/m0/s1. The largest absolute Gasteiger partial charge is 0.481 e. The SMILES string of the molecule is O=C(O)[C@@]12CCC[C@H]1CN(S(=O)(=O)N1CCc3ccccc3C1)C2. The summed E-state index contributed by atoms with van der Waals surface area (Å²) in [5.74, 6) is -0.895. The van der Waals surface area contributed by atoms with Gasteiger partial charge in [0, 0.05) is 26.2 Å². The van der Waals surface area contributed by atoms with Gasteiger partial charge in [0.2, 0.25) is 0 Å². The Kier molecular flexibility index (Phi) is 3.71. The van der Waals surface area contributed by atoms with Crippen molar-refractivity contribution in [2.75, 3.05) is 19.6 Å². The monoisotopic (exact) mass is 350 g/mol. The first-order valence-corrected chi connectivity index (χ1v) is 9.88. The predicted octanol–water partition coefficient (Wildman–Crippen LogP) is 1.48. The second kappa shape index (κ2) is 5.54. The van der Waals surface area contributed by atoms with Gasteiger partial charge in [-0.3, -0.25) is 4.79 Å². The second-order valence-electron chi connectivity index (χ2n) is 7.20. The minimum atomic E-state index is -3.61. The van der Waals surface area contributed by atoms with Crippen molar-refractivity contribution in [1.82, 2.24) is 8.61 Å². The number of aliphatic carboxylic acids is 1. The molecule has 130 valence electrons. The highest BCUT2D eigenvalue weighted by Gasteiger charge is 2.57. The van der Waals surface area contributed by atoms with E-state index in [1.807, 2.05) is 24.3 Å². The molecule has 6 nitrogen and oxygen atoms in total. The number of hydrogen-bond acceptors (Lipinski definition) is 3. The molecule has 7 heteroatoms. The molecule has 1 saturated heterocycles. The molecule has 1 aliphatic carbocycles. The van der Waals surface area contributed by atoms with Gasteiger partial charge >= 0.3 is 5.97 Å². The second-order valence-corrected chi connectivity index (χ2v) is 9.13. The number of rotatable bonds is 3. The van der Waals surface area contributed by atoms with E-state index >= 15 is 0 Å². The first-order chi connectivity index (χ1) is 11.4. The Morgan fingerprint density at radius 3 is 2.67 bits per heavy atom. The van der Waals surface area contributed by atoms with Crippen LogP contribution >= 0.6 is 0 Å². The Balaban J connectivity index is 1.58. The van der Waals surface area contributed by atoms with Crippen LogP contribution in [0.15, 0.2) is 24.3 Å². The molecule has 0 radical (unpaired) electrons. The zero-order chi connectivity index (χ0) is 16.9. The third-order valence-electron chi connectivity index (χ3n) is 6.01. The predicted molar refractivity (Wildman–Crippen MR) is 88.5 cm³/mol. The molecule has 2 heterocycles. The number of carboxylic acids is 1. The summed E-state index contributed by atoms with van der Waals surface area (Å²) in [5, 5.41) is 9.66. The maximum atomic E-state index is 13.1. The molecule has 0 aromatic heterocycles. The van der Waals surface area contributed by atoms with Crippen molar-refractivity contribution in [3.8, 4) is 0 Å². The number of carboxylic acid groups (broad SMARTS) is 1.